The fourth-order valence-electron chi connectivity index (χ4n) is 1.90. The van der Waals surface area contributed by atoms with E-state index in [2.05, 4.69) is 0 Å². The van der Waals surface area contributed by atoms with Gasteiger partial charge < -0.3 is 4.74 Å². The van der Waals surface area contributed by atoms with Crippen molar-refractivity contribution in [3.8, 4) is 0 Å². The van der Waals surface area contributed by atoms with E-state index in [1.165, 1.54) is 6.92 Å². The SMILES string of the molecule is CCc1ccc2c(c1)C(=O)C(OC(C)=O)C2=O. The van der Waals surface area contributed by atoms with Gasteiger partial charge in [0.05, 0.1) is 0 Å². The Morgan fingerprint density at radius 3 is 2.47 bits per heavy atom. The highest BCUT2D eigenvalue weighted by Gasteiger charge is 2.40. The molecule has 17 heavy (non-hydrogen) atoms. The van der Waals surface area contributed by atoms with E-state index >= 15 is 0 Å². The van der Waals surface area contributed by atoms with Crippen LogP contribution in [0.5, 0.6) is 0 Å². The Balaban J connectivity index is 2.42. The molecule has 0 fully saturated rings. The van der Waals surface area contributed by atoms with E-state index in [0.29, 0.717) is 11.1 Å². The minimum Gasteiger partial charge on any atom is -0.446 e. The van der Waals surface area contributed by atoms with Crippen LogP contribution in [0, 0.1) is 0 Å². The van der Waals surface area contributed by atoms with Gasteiger partial charge in [-0.3, -0.25) is 14.4 Å². The number of carbonyl (C=O) groups excluding carboxylic acids is 3. The summed E-state index contributed by atoms with van der Waals surface area (Å²) in [6.07, 6.45) is -0.498. The van der Waals surface area contributed by atoms with Crippen LogP contribution in [-0.4, -0.2) is 23.6 Å². The Bertz CT molecular complexity index is 516. The summed E-state index contributed by atoms with van der Waals surface area (Å²) in [5.41, 5.74) is 1.69. The summed E-state index contributed by atoms with van der Waals surface area (Å²) in [7, 11) is 0. The highest BCUT2D eigenvalue weighted by Crippen LogP contribution is 2.25. The predicted molar refractivity (Wildman–Crippen MR) is 60.0 cm³/mol. The maximum atomic E-state index is 11.9. The largest absolute Gasteiger partial charge is 0.446 e. The second kappa shape index (κ2) is 4.13. The molecule has 0 spiro atoms. The van der Waals surface area contributed by atoms with Gasteiger partial charge in [0.2, 0.25) is 17.7 Å². The van der Waals surface area contributed by atoms with Crippen LogP contribution in [0.15, 0.2) is 18.2 Å². The molecule has 4 heteroatoms. The first-order valence-electron chi connectivity index (χ1n) is 5.43. The summed E-state index contributed by atoms with van der Waals surface area (Å²) in [4.78, 5) is 34.6. The number of aryl methyl sites for hydroxylation is 1. The van der Waals surface area contributed by atoms with Crippen molar-refractivity contribution in [2.45, 2.75) is 26.4 Å². The number of benzene rings is 1. The fourth-order valence-corrected chi connectivity index (χ4v) is 1.90. The molecule has 0 bridgehead atoms. The van der Waals surface area contributed by atoms with E-state index in [4.69, 9.17) is 4.74 Å². The van der Waals surface area contributed by atoms with Crippen molar-refractivity contribution in [2.24, 2.45) is 0 Å². The first kappa shape index (κ1) is 11.5. The average Bonchev–Trinajstić information content (AvgIpc) is 2.53. The molecule has 1 aromatic carbocycles. The number of hydrogen-bond donors (Lipinski definition) is 0. The predicted octanol–water partition coefficient (Wildman–Crippen LogP) is 1.56. The van der Waals surface area contributed by atoms with Crippen LogP contribution in [-0.2, 0) is 16.0 Å². The van der Waals surface area contributed by atoms with Crippen molar-refractivity contribution in [1.82, 2.24) is 0 Å². The summed E-state index contributed by atoms with van der Waals surface area (Å²) in [6.45, 7) is 3.15. The number of rotatable bonds is 2. The fraction of sp³-hybridized carbons (Fsp3) is 0.308. The third-order valence-electron chi connectivity index (χ3n) is 2.78. The molecule has 1 aromatic rings. The van der Waals surface area contributed by atoms with E-state index in [0.717, 1.165) is 12.0 Å². The van der Waals surface area contributed by atoms with Crippen LogP contribution in [0.2, 0.25) is 0 Å². The molecule has 4 nitrogen and oxygen atoms in total. The molecule has 0 N–H and O–H groups in total. The Morgan fingerprint density at radius 2 is 1.88 bits per heavy atom. The molecule has 0 amide bonds. The lowest BCUT2D eigenvalue weighted by atomic mass is 10.0. The Labute approximate surface area is 98.6 Å². The van der Waals surface area contributed by atoms with Crippen molar-refractivity contribution in [3.63, 3.8) is 0 Å². The third-order valence-corrected chi connectivity index (χ3v) is 2.78. The van der Waals surface area contributed by atoms with Crippen LogP contribution in [0.25, 0.3) is 0 Å². The molecule has 0 saturated carbocycles. The minimum atomic E-state index is -1.28. The average molecular weight is 232 g/mol. The van der Waals surface area contributed by atoms with Crippen molar-refractivity contribution in [1.29, 1.82) is 0 Å². The lowest BCUT2D eigenvalue weighted by Gasteiger charge is -2.05. The van der Waals surface area contributed by atoms with Crippen molar-refractivity contribution in [2.75, 3.05) is 0 Å². The van der Waals surface area contributed by atoms with E-state index < -0.39 is 23.6 Å². The van der Waals surface area contributed by atoms with Gasteiger partial charge in [-0.1, -0.05) is 19.1 Å². The lowest BCUT2D eigenvalue weighted by molar-refractivity contribution is -0.142. The monoisotopic (exact) mass is 232 g/mol. The molecule has 1 atom stereocenters. The summed E-state index contributed by atoms with van der Waals surface area (Å²) in [6, 6.07) is 5.12. The first-order chi connectivity index (χ1) is 8.04. The van der Waals surface area contributed by atoms with Crippen LogP contribution in [0.1, 0.15) is 40.1 Å². The molecule has 0 radical (unpaired) electrons. The molecule has 88 valence electrons. The quantitative estimate of drug-likeness (QED) is 0.573. The van der Waals surface area contributed by atoms with Crippen molar-refractivity contribution < 1.29 is 19.1 Å². The van der Waals surface area contributed by atoms with Gasteiger partial charge >= 0.3 is 5.97 Å². The van der Waals surface area contributed by atoms with Gasteiger partial charge in [0.1, 0.15) is 0 Å². The van der Waals surface area contributed by atoms with Crippen LogP contribution in [0.4, 0.5) is 0 Å². The second-order valence-electron chi connectivity index (χ2n) is 3.95. The summed E-state index contributed by atoms with van der Waals surface area (Å²) < 4.78 is 4.75. The van der Waals surface area contributed by atoms with E-state index in [1.807, 2.05) is 6.92 Å². The maximum Gasteiger partial charge on any atom is 0.303 e. The Hall–Kier alpha value is -1.97. The highest BCUT2D eigenvalue weighted by molar-refractivity contribution is 6.29. The van der Waals surface area contributed by atoms with Crippen molar-refractivity contribution in [3.05, 3.63) is 34.9 Å². The van der Waals surface area contributed by atoms with Crippen molar-refractivity contribution >= 4 is 17.5 Å². The third kappa shape index (κ3) is 1.86. The normalized spacial score (nSPS) is 18.1. The summed E-state index contributed by atoms with van der Waals surface area (Å²) in [5.74, 6) is -1.47. The number of fused-ring (bicyclic) bond motifs is 1. The van der Waals surface area contributed by atoms with E-state index in [1.54, 1.807) is 18.2 Å². The zero-order valence-corrected chi connectivity index (χ0v) is 9.65. The lowest BCUT2D eigenvalue weighted by Crippen LogP contribution is -2.27. The molecule has 0 heterocycles. The molecule has 2 rings (SSSR count). The van der Waals surface area contributed by atoms with E-state index in [-0.39, 0.29) is 0 Å². The number of esters is 1. The van der Waals surface area contributed by atoms with Crippen LogP contribution in [0.3, 0.4) is 0 Å². The molecular formula is C13H12O4. The van der Waals surface area contributed by atoms with Crippen LogP contribution < -0.4 is 0 Å². The zero-order valence-electron chi connectivity index (χ0n) is 9.65. The van der Waals surface area contributed by atoms with Gasteiger partial charge in [-0.15, -0.1) is 0 Å². The number of ketones is 2. The minimum absolute atomic E-state index is 0.346. The summed E-state index contributed by atoms with van der Waals surface area (Å²) in [5, 5.41) is 0. The topological polar surface area (TPSA) is 60.4 Å². The maximum absolute atomic E-state index is 11.9. The Kier molecular flexibility index (Phi) is 2.79. The number of Topliss-reactive ketones (excluding diaryl/α,β-unsaturated/α-hetero) is 2. The molecule has 0 saturated heterocycles. The van der Waals surface area contributed by atoms with Gasteiger partial charge in [-0.25, -0.2) is 0 Å². The van der Waals surface area contributed by atoms with E-state index in [9.17, 15) is 14.4 Å². The summed E-state index contributed by atoms with van der Waals surface area (Å²) >= 11 is 0. The standard InChI is InChI=1S/C13H12O4/c1-3-8-4-5-9-10(6-8)12(16)13(11(9)15)17-7(2)14/h4-6,13H,3H2,1-2H3. The molecule has 1 unspecified atom stereocenters. The first-order valence-corrected chi connectivity index (χ1v) is 5.43. The van der Waals surface area contributed by atoms with Gasteiger partial charge in [0, 0.05) is 18.1 Å². The smallest absolute Gasteiger partial charge is 0.303 e. The van der Waals surface area contributed by atoms with Gasteiger partial charge in [0.25, 0.3) is 0 Å². The second-order valence-corrected chi connectivity index (χ2v) is 3.95. The highest BCUT2D eigenvalue weighted by atomic mass is 16.5. The number of ether oxygens (including phenoxy) is 1. The molecule has 0 aromatic heterocycles. The Morgan fingerprint density at radius 1 is 1.24 bits per heavy atom. The molecular weight excluding hydrogens is 220 g/mol. The van der Waals surface area contributed by atoms with Gasteiger partial charge in [-0.2, -0.15) is 0 Å². The zero-order chi connectivity index (χ0) is 12.6. The molecule has 1 aliphatic rings. The molecule has 1 aliphatic carbocycles. The number of hydrogen-bond acceptors (Lipinski definition) is 4. The molecule has 0 aliphatic heterocycles. The van der Waals surface area contributed by atoms with Gasteiger partial charge in [0.15, 0.2) is 0 Å². The number of carbonyl (C=O) groups is 3. The van der Waals surface area contributed by atoms with Gasteiger partial charge in [-0.05, 0) is 18.1 Å². The van der Waals surface area contributed by atoms with Crippen LogP contribution >= 0.6 is 0 Å².